The van der Waals surface area contributed by atoms with Gasteiger partial charge in [0.15, 0.2) is 0 Å². The minimum Gasteiger partial charge on any atom is -0.444 e. The van der Waals surface area contributed by atoms with Crippen molar-refractivity contribution in [3.05, 3.63) is 23.9 Å². The Morgan fingerprint density at radius 1 is 1.18 bits per heavy atom. The van der Waals surface area contributed by atoms with E-state index in [1.807, 2.05) is 49.5 Å². The van der Waals surface area contributed by atoms with Crippen LogP contribution in [0, 0.1) is 5.41 Å². The van der Waals surface area contributed by atoms with Gasteiger partial charge in [-0.15, -0.1) is 0 Å². The van der Waals surface area contributed by atoms with Crippen LogP contribution in [0.1, 0.15) is 58.1 Å². The first-order valence-corrected chi connectivity index (χ1v) is 12.1. The minimum atomic E-state index is -0.478. The molecule has 2 aromatic rings. The number of para-hydroxylation sites is 1. The van der Waals surface area contributed by atoms with Crippen molar-refractivity contribution in [2.75, 3.05) is 31.1 Å². The maximum atomic E-state index is 12.5. The molecule has 0 radical (unpaired) electrons. The summed E-state index contributed by atoms with van der Waals surface area (Å²) in [5.41, 5.74) is 2.61. The summed E-state index contributed by atoms with van der Waals surface area (Å²) < 4.78 is 7.40. The number of benzene rings is 1. The van der Waals surface area contributed by atoms with E-state index < -0.39 is 11.5 Å². The van der Waals surface area contributed by atoms with Gasteiger partial charge >= 0.3 is 6.09 Å². The lowest BCUT2D eigenvalue weighted by atomic mass is 9.71. The third kappa shape index (κ3) is 4.01. The van der Waals surface area contributed by atoms with E-state index in [0.29, 0.717) is 12.8 Å². The van der Waals surface area contributed by atoms with Crippen molar-refractivity contribution in [2.24, 2.45) is 12.5 Å². The summed E-state index contributed by atoms with van der Waals surface area (Å²) in [4.78, 5) is 40.7. The molecule has 9 heteroatoms. The van der Waals surface area contributed by atoms with Crippen LogP contribution in [0.4, 0.5) is 10.5 Å². The van der Waals surface area contributed by atoms with Crippen LogP contribution in [-0.2, 0) is 21.4 Å². The third-order valence-corrected chi connectivity index (χ3v) is 7.31. The molecule has 3 fully saturated rings. The first kappa shape index (κ1) is 22.7. The number of anilines is 1. The molecular weight excluding hydrogens is 434 g/mol. The highest BCUT2D eigenvalue weighted by Gasteiger charge is 2.46. The van der Waals surface area contributed by atoms with Gasteiger partial charge in [0, 0.05) is 50.4 Å². The van der Waals surface area contributed by atoms with E-state index >= 15 is 0 Å². The van der Waals surface area contributed by atoms with E-state index in [0.717, 1.165) is 61.3 Å². The number of amides is 3. The van der Waals surface area contributed by atoms with Crippen molar-refractivity contribution >= 4 is 34.5 Å². The molecular formula is C25H33N5O4. The maximum Gasteiger partial charge on any atom is 0.410 e. The van der Waals surface area contributed by atoms with E-state index in [2.05, 4.69) is 16.3 Å². The number of carbonyl (C=O) groups excluding carboxylic acids is 3. The predicted octanol–water partition coefficient (Wildman–Crippen LogP) is 2.93. The molecule has 9 nitrogen and oxygen atoms in total. The molecule has 1 aromatic carbocycles. The maximum absolute atomic E-state index is 12.5. The summed E-state index contributed by atoms with van der Waals surface area (Å²) in [5.74, 6) is -0.886. The number of aryl methyl sites for hydroxylation is 1. The fourth-order valence-corrected chi connectivity index (χ4v) is 5.55. The van der Waals surface area contributed by atoms with Gasteiger partial charge in [-0.25, -0.2) is 4.79 Å². The number of piperidine rings is 2. The summed E-state index contributed by atoms with van der Waals surface area (Å²) >= 11 is 0. The molecule has 0 bridgehead atoms. The minimum absolute atomic E-state index is 0.214. The Morgan fingerprint density at radius 3 is 2.53 bits per heavy atom. The molecule has 1 unspecified atom stereocenters. The highest BCUT2D eigenvalue weighted by molar-refractivity contribution is 6.03. The average molecular weight is 468 g/mol. The van der Waals surface area contributed by atoms with Gasteiger partial charge in [0.1, 0.15) is 5.60 Å². The summed E-state index contributed by atoms with van der Waals surface area (Å²) in [5, 5.41) is 8.13. The average Bonchev–Trinajstić information content (AvgIpc) is 3.07. The van der Waals surface area contributed by atoms with Crippen molar-refractivity contribution in [3.8, 4) is 0 Å². The van der Waals surface area contributed by atoms with Crippen LogP contribution in [0.5, 0.6) is 0 Å². The molecule has 3 aliphatic heterocycles. The van der Waals surface area contributed by atoms with E-state index in [-0.39, 0.29) is 23.3 Å². The van der Waals surface area contributed by atoms with Crippen LogP contribution < -0.4 is 10.2 Å². The zero-order chi connectivity index (χ0) is 24.3. The molecule has 34 heavy (non-hydrogen) atoms. The number of rotatable bonds is 2. The van der Waals surface area contributed by atoms with Crippen LogP contribution in [0.3, 0.4) is 0 Å². The van der Waals surface area contributed by atoms with Gasteiger partial charge in [0.2, 0.25) is 11.8 Å². The Labute approximate surface area is 199 Å². The molecule has 1 atom stereocenters. The molecule has 0 saturated carbocycles. The predicted molar refractivity (Wildman–Crippen MR) is 128 cm³/mol. The van der Waals surface area contributed by atoms with Gasteiger partial charge in [0.25, 0.3) is 0 Å². The standard InChI is InChI=1S/C25H33N5O4/c1-24(2,3)34-23(33)29-12-10-25(11-13-29)14-30(15-25)18-7-5-6-16-20(27-28(4)21(16)18)17-8-9-19(31)26-22(17)32/h5-7,17H,8-15H2,1-4H3,(H,26,31,32). The van der Waals surface area contributed by atoms with Crippen LogP contribution in [-0.4, -0.2) is 64.4 Å². The monoisotopic (exact) mass is 467 g/mol. The molecule has 4 heterocycles. The summed E-state index contributed by atoms with van der Waals surface area (Å²) in [6.07, 6.45) is 2.53. The Balaban J connectivity index is 1.30. The number of ether oxygens (including phenoxy) is 1. The highest BCUT2D eigenvalue weighted by Crippen LogP contribution is 2.45. The molecule has 5 rings (SSSR count). The van der Waals surface area contributed by atoms with E-state index in [1.165, 1.54) is 0 Å². The van der Waals surface area contributed by atoms with Crippen molar-refractivity contribution < 1.29 is 19.1 Å². The number of hydrogen-bond donors (Lipinski definition) is 1. The fraction of sp³-hybridized carbons (Fsp3) is 0.600. The van der Waals surface area contributed by atoms with E-state index in [9.17, 15) is 14.4 Å². The number of imide groups is 1. The first-order chi connectivity index (χ1) is 16.1. The van der Waals surface area contributed by atoms with Crippen LogP contribution in [0.15, 0.2) is 18.2 Å². The van der Waals surface area contributed by atoms with Gasteiger partial charge in [-0.05, 0) is 46.1 Å². The number of nitrogens with one attached hydrogen (secondary N) is 1. The second-order valence-electron chi connectivity index (χ2n) is 11.0. The lowest BCUT2D eigenvalue weighted by Crippen LogP contribution is -2.61. The summed E-state index contributed by atoms with van der Waals surface area (Å²) in [7, 11) is 1.91. The Hall–Kier alpha value is -3.10. The normalized spacial score (nSPS) is 22.6. The molecule has 1 aromatic heterocycles. The summed E-state index contributed by atoms with van der Waals surface area (Å²) in [6, 6.07) is 6.14. The zero-order valence-electron chi connectivity index (χ0n) is 20.4. The van der Waals surface area contributed by atoms with E-state index in [1.54, 1.807) is 0 Å². The highest BCUT2D eigenvalue weighted by atomic mass is 16.6. The first-order valence-electron chi connectivity index (χ1n) is 12.1. The number of likely N-dealkylation sites (tertiary alicyclic amines) is 1. The smallest absolute Gasteiger partial charge is 0.410 e. The lowest BCUT2D eigenvalue weighted by molar-refractivity contribution is -0.134. The molecule has 3 aliphatic rings. The Kier molecular flexibility index (Phi) is 5.33. The molecule has 1 spiro atoms. The fourth-order valence-electron chi connectivity index (χ4n) is 5.55. The van der Waals surface area contributed by atoms with Crippen molar-refractivity contribution in [3.63, 3.8) is 0 Å². The van der Waals surface area contributed by atoms with Gasteiger partial charge in [-0.3, -0.25) is 19.6 Å². The lowest BCUT2D eigenvalue weighted by Gasteiger charge is -2.55. The molecule has 1 N–H and O–H groups in total. The van der Waals surface area contributed by atoms with Crippen molar-refractivity contribution in [2.45, 2.75) is 58.0 Å². The second-order valence-corrected chi connectivity index (χ2v) is 11.0. The van der Waals surface area contributed by atoms with Gasteiger partial charge in [-0.1, -0.05) is 12.1 Å². The second kappa shape index (κ2) is 7.99. The third-order valence-electron chi connectivity index (χ3n) is 7.31. The topological polar surface area (TPSA) is 96.8 Å². The number of carbonyl (C=O) groups is 3. The Morgan fingerprint density at radius 2 is 1.88 bits per heavy atom. The Bertz CT molecular complexity index is 1150. The number of nitrogens with zero attached hydrogens (tertiary/aromatic N) is 4. The van der Waals surface area contributed by atoms with Gasteiger partial charge < -0.3 is 14.5 Å². The number of fused-ring (bicyclic) bond motifs is 1. The van der Waals surface area contributed by atoms with Gasteiger partial charge in [0.05, 0.1) is 22.8 Å². The summed E-state index contributed by atoms with van der Waals surface area (Å²) in [6.45, 7) is 9.00. The molecule has 3 amide bonds. The van der Waals surface area contributed by atoms with Crippen LogP contribution >= 0.6 is 0 Å². The number of hydrogen-bond acceptors (Lipinski definition) is 6. The molecule has 0 aliphatic carbocycles. The quantitative estimate of drug-likeness (QED) is 0.682. The van der Waals surface area contributed by atoms with E-state index in [4.69, 9.17) is 9.84 Å². The molecule has 182 valence electrons. The SMILES string of the molecule is Cn1nc(C2CCC(=O)NC2=O)c2cccc(N3CC4(CCN(C(=O)OC(C)(C)C)CC4)C3)c21. The van der Waals surface area contributed by atoms with Crippen molar-refractivity contribution in [1.29, 1.82) is 0 Å². The van der Waals surface area contributed by atoms with Crippen LogP contribution in [0.25, 0.3) is 10.9 Å². The van der Waals surface area contributed by atoms with Crippen molar-refractivity contribution in [1.82, 2.24) is 20.0 Å². The van der Waals surface area contributed by atoms with Crippen LogP contribution in [0.2, 0.25) is 0 Å². The zero-order valence-corrected chi connectivity index (χ0v) is 20.4. The van der Waals surface area contributed by atoms with Gasteiger partial charge in [-0.2, -0.15) is 5.10 Å². The largest absolute Gasteiger partial charge is 0.444 e. The number of aromatic nitrogens is 2. The molecule has 3 saturated heterocycles.